The van der Waals surface area contributed by atoms with E-state index in [4.69, 9.17) is 9.84 Å². The van der Waals surface area contributed by atoms with Gasteiger partial charge in [-0.15, -0.1) is 0 Å². The topological polar surface area (TPSA) is 58.6 Å². The zero-order valence-electron chi connectivity index (χ0n) is 12.7. The van der Waals surface area contributed by atoms with Crippen LogP contribution in [0.2, 0.25) is 0 Å². The zero-order valence-corrected chi connectivity index (χ0v) is 12.7. The third-order valence-electron chi connectivity index (χ3n) is 3.07. The van der Waals surface area contributed by atoms with Crippen molar-refractivity contribution in [3.63, 3.8) is 0 Å². The average molecular weight is 331 g/mol. The predicted molar refractivity (Wildman–Crippen MR) is 83.8 cm³/mol. The van der Waals surface area contributed by atoms with E-state index in [0.29, 0.717) is 0 Å². The van der Waals surface area contributed by atoms with Gasteiger partial charge in [-0.25, -0.2) is 13.6 Å². The molecule has 24 heavy (non-hydrogen) atoms. The third kappa shape index (κ3) is 5.07. The number of benzene rings is 2. The fraction of sp³-hybridized carbons (Fsp3) is 0.167. The van der Waals surface area contributed by atoms with Crippen LogP contribution in [0.1, 0.15) is 16.7 Å². The second-order valence-corrected chi connectivity index (χ2v) is 4.79. The minimum atomic E-state index is -0.864. The van der Waals surface area contributed by atoms with Crippen molar-refractivity contribution in [3.05, 3.63) is 70.8 Å². The number of ether oxygens (including phenoxy) is 1. The first-order valence-electron chi connectivity index (χ1n) is 7.12. The van der Waals surface area contributed by atoms with Crippen LogP contribution in [0.15, 0.2) is 42.5 Å². The van der Waals surface area contributed by atoms with Gasteiger partial charge in [0.15, 0.2) is 0 Å². The molecule has 0 radical (unpaired) electrons. The number of aliphatic hydroxyl groups excluding tert-OH is 1. The molecule has 0 aliphatic carbocycles. The van der Waals surface area contributed by atoms with Crippen LogP contribution < -0.4 is 5.32 Å². The number of amides is 1. The number of carbonyl (C=O) groups excluding carboxylic acids is 1. The molecule has 124 valence electrons. The fourth-order valence-electron chi connectivity index (χ4n) is 1.86. The monoisotopic (exact) mass is 331 g/mol. The van der Waals surface area contributed by atoms with Crippen molar-refractivity contribution in [1.29, 1.82) is 0 Å². The molecule has 2 rings (SSSR count). The van der Waals surface area contributed by atoms with E-state index in [1.807, 2.05) is 30.3 Å². The molecule has 4 nitrogen and oxygen atoms in total. The summed E-state index contributed by atoms with van der Waals surface area (Å²) in [5, 5.41) is 11.2. The van der Waals surface area contributed by atoms with Crippen molar-refractivity contribution in [2.45, 2.75) is 13.2 Å². The lowest BCUT2D eigenvalue weighted by Crippen LogP contribution is -2.24. The summed E-state index contributed by atoms with van der Waals surface area (Å²) in [4.78, 5) is 11.5. The highest BCUT2D eigenvalue weighted by atomic mass is 19.1. The average Bonchev–Trinajstić information content (AvgIpc) is 2.57. The Labute approximate surface area is 138 Å². The summed E-state index contributed by atoms with van der Waals surface area (Å²) in [6, 6.07) is 11.2. The number of hydrogen-bond acceptors (Lipinski definition) is 3. The van der Waals surface area contributed by atoms with E-state index in [1.165, 1.54) is 0 Å². The van der Waals surface area contributed by atoms with Crippen LogP contribution in [0.5, 0.6) is 0 Å². The maximum atomic E-state index is 13.5. The van der Waals surface area contributed by atoms with Gasteiger partial charge in [-0.05, 0) is 17.7 Å². The first kappa shape index (κ1) is 17.4. The SMILES string of the molecule is O=C(NCC#Cc1cc(F)c(CO)c(F)c1)OCc1ccccc1. The van der Waals surface area contributed by atoms with Gasteiger partial charge in [0, 0.05) is 11.1 Å². The van der Waals surface area contributed by atoms with Crippen LogP contribution in [-0.4, -0.2) is 17.7 Å². The Balaban J connectivity index is 1.82. The Morgan fingerprint density at radius 3 is 2.46 bits per heavy atom. The molecular formula is C18H15F2NO3. The Kier molecular flexibility index (Phi) is 6.29. The minimum Gasteiger partial charge on any atom is -0.445 e. The van der Waals surface area contributed by atoms with Crippen molar-refractivity contribution >= 4 is 6.09 Å². The molecule has 2 N–H and O–H groups in total. The second kappa shape index (κ2) is 8.65. The molecule has 0 aromatic heterocycles. The van der Waals surface area contributed by atoms with Gasteiger partial charge in [0.1, 0.15) is 18.2 Å². The summed E-state index contributed by atoms with van der Waals surface area (Å²) in [6.45, 7) is -0.613. The standard InChI is InChI=1S/C18H15F2NO3/c19-16-9-14(10-17(20)15(16)11-22)7-4-8-21-18(23)24-12-13-5-2-1-3-6-13/h1-3,5-6,9-10,22H,8,11-12H2,(H,21,23). The number of carbonyl (C=O) groups is 1. The molecular weight excluding hydrogens is 316 g/mol. The summed E-state index contributed by atoms with van der Waals surface area (Å²) in [5.74, 6) is 3.36. The number of nitrogens with one attached hydrogen (secondary N) is 1. The third-order valence-corrected chi connectivity index (χ3v) is 3.07. The molecule has 0 spiro atoms. The minimum absolute atomic E-state index is 0.0292. The Bertz CT molecular complexity index is 744. The van der Waals surface area contributed by atoms with Crippen LogP contribution in [-0.2, 0) is 18.0 Å². The molecule has 0 saturated carbocycles. The van der Waals surface area contributed by atoms with E-state index < -0.39 is 29.9 Å². The molecule has 6 heteroatoms. The maximum absolute atomic E-state index is 13.5. The van der Waals surface area contributed by atoms with E-state index in [2.05, 4.69) is 17.2 Å². The summed E-state index contributed by atoms with van der Waals surface area (Å²) >= 11 is 0. The van der Waals surface area contributed by atoms with Gasteiger partial charge in [-0.1, -0.05) is 42.2 Å². The quantitative estimate of drug-likeness (QED) is 0.847. The lowest BCUT2D eigenvalue weighted by molar-refractivity contribution is 0.141. The maximum Gasteiger partial charge on any atom is 0.408 e. The zero-order chi connectivity index (χ0) is 17.4. The molecule has 1 amide bonds. The molecule has 0 aliphatic rings. The highest BCUT2D eigenvalue weighted by Gasteiger charge is 2.09. The smallest absolute Gasteiger partial charge is 0.408 e. The molecule has 0 heterocycles. The normalized spacial score (nSPS) is 9.79. The van der Waals surface area contributed by atoms with E-state index in [0.717, 1.165) is 17.7 Å². The lowest BCUT2D eigenvalue weighted by atomic mass is 10.1. The van der Waals surface area contributed by atoms with Gasteiger partial charge in [0.2, 0.25) is 0 Å². The number of alkyl carbamates (subject to hydrolysis) is 1. The Morgan fingerprint density at radius 2 is 1.83 bits per heavy atom. The Morgan fingerprint density at radius 1 is 1.17 bits per heavy atom. The van der Waals surface area contributed by atoms with E-state index in [1.54, 1.807) is 0 Å². The summed E-state index contributed by atoms with van der Waals surface area (Å²) < 4.78 is 31.9. The molecule has 0 aliphatic heterocycles. The molecule has 0 bridgehead atoms. The summed E-state index contributed by atoms with van der Waals surface area (Å²) in [6.07, 6.45) is -0.638. The van der Waals surface area contributed by atoms with Crippen LogP contribution in [0, 0.1) is 23.5 Å². The first-order valence-corrected chi connectivity index (χ1v) is 7.12. The first-order chi connectivity index (χ1) is 11.6. The summed E-state index contributed by atoms with van der Waals surface area (Å²) in [7, 11) is 0. The van der Waals surface area contributed by atoms with Gasteiger partial charge in [-0.3, -0.25) is 0 Å². The van der Waals surface area contributed by atoms with E-state index in [9.17, 15) is 13.6 Å². The molecule has 0 saturated heterocycles. The van der Waals surface area contributed by atoms with Crippen molar-refractivity contribution in [2.24, 2.45) is 0 Å². The van der Waals surface area contributed by atoms with Crippen LogP contribution >= 0.6 is 0 Å². The van der Waals surface area contributed by atoms with Crippen molar-refractivity contribution in [3.8, 4) is 11.8 Å². The van der Waals surface area contributed by atoms with Crippen molar-refractivity contribution in [2.75, 3.05) is 6.54 Å². The lowest BCUT2D eigenvalue weighted by Gasteiger charge is -2.04. The highest BCUT2D eigenvalue weighted by Crippen LogP contribution is 2.14. The highest BCUT2D eigenvalue weighted by molar-refractivity contribution is 5.67. The number of hydrogen-bond donors (Lipinski definition) is 2. The van der Waals surface area contributed by atoms with Gasteiger partial charge < -0.3 is 15.2 Å². The van der Waals surface area contributed by atoms with Gasteiger partial charge >= 0.3 is 6.09 Å². The predicted octanol–water partition coefficient (Wildman–Crippen LogP) is 2.74. The molecule has 2 aromatic rings. The van der Waals surface area contributed by atoms with Crippen molar-refractivity contribution < 1.29 is 23.4 Å². The van der Waals surface area contributed by atoms with Crippen molar-refractivity contribution in [1.82, 2.24) is 5.32 Å². The molecule has 0 fully saturated rings. The second-order valence-electron chi connectivity index (χ2n) is 4.79. The van der Waals surface area contributed by atoms with Crippen LogP contribution in [0.4, 0.5) is 13.6 Å². The van der Waals surface area contributed by atoms with E-state index >= 15 is 0 Å². The van der Waals surface area contributed by atoms with Gasteiger partial charge in [0.25, 0.3) is 0 Å². The number of rotatable bonds is 4. The van der Waals surface area contributed by atoms with E-state index in [-0.39, 0.29) is 18.7 Å². The van der Waals surface area contributed by atoms with Gasteiger partial charge in [-0.2, -0.15) is 0 Å². The summed E-state index contributed by atoms with van der Waals surface area (Å²) in [5.41, 5.74) is 0.568. The van der Waals surface area contributed by atoms with Crippen LogP contribution in [0.3, 0.4) is 0 Å². The molecule has 0 atom stereocenters. The molecule has 0 unspecified atom stereocenters. The number of halogens is 2. The fourth-order valence-corrected chi connectivity index (χ4v) is 1.86. The molecule has 2 aromatic carbocycles. The number of aliphatic hydroxyl groups is 1. The van der Waals surface area contributed by atoms with Crippen LogP contribution in [0.25, 0.3) is 0 Å². The Hall–Kier alpha value is -2.91. The van der Waals surface area contributed by atoms with Gasteiger partial charge in [0.05, 0.1) is 13.2 Å². The largest absolute Gasteiger partial charge is 0.445 e.